The van der Waals surface area contributed by atoms with E-state index in [9.17, 15) is 8.42 Å². The van der Waals surface area contributed by atoms with E-state index in [-0.39, 0.29) is 10.0 Å². The average Bonchev–Trinajstić information content (AvgIpc) is 2.96. The molecule has 0 radical (unpaired) electrons. The highest BCUT2D eigenvalue weighted by Crippen LogP contribution is 2.27. The summed E-state index contributed by atoms with van der Waals surface area (Å²) in [5.74, 6) is 0. The molecule has 3 aromatic rings. The molecule has 2 aromatic carbocycles. The van der Waals surface area contributed by atoms with Crippen molar-refractivity contribution in [2.45, 2.75) is 4.90 Å². The summed E-state index contributed by atoms with van der Waals surface area (Å²) < 4.78 is 27.1. The number of aromatic nitrogens is 1. The molecule has 1 heterocycles. The maximum absolute atomic E-state index is 12.3. The third-order valence-electron chi connectivity index (χ3n) is 3.04. The maximum Gasteiger partial charge on any atom is 0.263 e. The fourth-order valence-corrected chi connectivity index (χ4v) is 4.19. The molecule has 0 unspecified atom stereocenters. The van der Waals surface area contributed by atoms with Gasteiger partial charge in [0.2, 0.25) is 0 Å². The quantitative estimate of drug-likeness (QED) is 0.688. The van der Waals surface area contributed by atoms with Crippen molar-refractivity contribution >= 4 is 43.8 Å². The number of nitrogens with one attached hydrogen (secondary N) is 1. The van der Waals surface area contributed by atoms with Crippen LogP contribution < -0.4 is 10.5 Å². The van der Waals surface area contributed by atoms with Crippen molar-refractivity contribution in [1.29, 1.82) is 0 Å². The minimum Gasteiger partial charge on any atom is -0.399 e. The lowest BCUT2D eigenvalue weighted by Crippen LogP contribution is -2.12. The van der Waals surface area contributed by atoms with Crippen LogP contribution in [0.25, 0.3) is 11.3 Å². The zero-order chi connectivity index (χ0) is 16.4. The summed E-state index contributed by atoms with van der Waals surface area (Å²) in [6, 6.07) is 13.3. The molecule has 5 nitrogen and oxygen atoms in total. The van der Waals surface area contributed by atoms with Crippen molar-refractivity contribution in [3.63, 3.8) is 0 Å². The molecule has 0 bridgehead atoms. The molecule has 0 spiro atoms. The van der Waals surface area contributed by atoms with E-state index in [1.54, 1.807) is 29.6 Å². The largest absolute Gasteiger partial charge is 0.399 e. The first-order chi connectivity index (χ1) is 10.9. The van der Waals surface area contributed by atoms with Crippen molar-refractivity contribution in [3.8, 4) is 11.3 Å². The lowest BCUT2D eigenvalue weighted by molar-refractivity contribution is 0.601. The van der Waals surface area contributed by atoms with E-state index >= 15 is 0 Å². The van der Waals surface area contributed by atoms with Crippen LogP contribution in [0, 0.1) is 0 Å². The highest BCUT2D eigenvalue weighted by molar-refractivity contribution is 7.93. The fourth-order valence-electron chi connectivity index (χ4n) is 1.92. The Morgan fingerprint density at radius 2 is 1.87 bits per heavy atom. The predicted octanol–water partition coefficient (Wildman–Crippen LogP) is 3.85. The summed E-state index contributed by atoms with van der Waals surface area (Å²) in [6.07, 6.45) is 0. The number of sulfonamides is 1. The summed E-state index contributed by atoms with van der Waals surface area (Å²) >= 11 is 7.04. The van der Waals surface area contributed by atoms with Gasteiger partial charge in [0, 0.05) is 21.7 Å². The minimum atomic E-state index is -3.72. The van der Waals surface area contributed by atoms with Gasteiger partial charge in [-0.15, -0.1) is 11.3 Å². The van der Waals surface area contributed by atoms with E-state index in [4.69, 9.17) is 17.3 Å². The van der Waals surface area contributed by atoms with Crippen LogP contribution in [0.4, 0.5) is 10.8 Å². The van der Waals surface area contributed by atoms with E-state index in [2.05, 4.69) is 9.71 Å². The number of anilines is 2. The average molecular weight is 366 g/mol. The van der Waals surface area contributed by atoms with Gasteiger partial charge in [-0.3, -0.25) is 4.72 Å². The molecule has 0 amide bonds. The van der Waals surface area contributed by atoms with Gasteiger partial charge in [0.15, 0.2) is 5.13 Å². The lowest BCUT2D eigenvalue weighted by atomic mass is 10.2. The van der Waals surface area contributed by atoms with Crippen LogP contribution in [0.5, 0.6) is 0 Å². The van der Waals surface area contributed by atoms with Gasteiger partial charge in [-0.2, -0.15) is 0 Å². The van der Waals surface area contributed by atoms with Crippen molar-refractivity contribution in [1.82, 2.24) is 4.98 Å². The van der Waals surface area contributed by atoms with Crippen LogP contribution in [0.2, 0.25) is 5.02 Å². The van der Waals surface area contributed by atoms with Gasteiger partial charge >= 0.3 is 0 Å². The summed E-state index contributed by atoms with van der Waals surface area (Å²) in [6.45, 7) is 0. The molecule has 0 saturated carbocycles. The number of nitrogens with zero attached hydrogens (tertiary/aromatic N) is 1. The van der Waals surface area contributed by atoms with Crippen LogP contribution in [-0.2, 0) is 10.0 Å². The fraction of sp³-hybridized carbons (Fsp3) is 0. The van der Waals surface area contributed by atoms with Crippen LogP contribution >= 0.6 is 22.9 Å². The zero-order valence-electron chi connectivity index (χ0n) is 11.7. The molecule has 0 aliphatic rings. The Morgan fingerprint density at radius 3 is 2.57 bits per heavy atom. The highest BCUT2D eigenvalue weighted by atomic mass is 35.5. The molecule has 3 N–H and O–H groups in total. The second kappa shape index (κ2) is 6.19. The Labute approximate surface area is 142 Å². The lowest BCUT2D eigenvalue weighted by Gasteiger charge is -2.05. The summed E-state index contributed by atoms with van der Waals surface area (Å²) in [5.41, 5.74) is 7.85. The van der Waals surface area contributed by atoms with Crippen molar-refractivity contribution in [2.24, 2.45) is 0 Å². The number of rotatable bonds is 4. The normalized spacial score (nSPS) is 11.3. The number of thiazole rings is 1. The molecule has 3 rings (SSSR count). The first kappa shape index (κ1) is 15.8. The van der Waals surface area contributed by atoms with Crippen molar-refractivity contribution in [3.05, 3.63) is 58.9 Å². The number of benzene rings is 2. The molecular weight excluding hydrogens is 354 g/mol. The first-order valence-corrected chi connectivity index (χ1v) is 9.28. The number of nitrogen functional groups attached to an aromatic ring is 1. The second-order valence-electron chi connectivity index (χ2n) is 4.72. The van der Waals surface area contributed by atoms with Gasteiger partial charge in [0.05, 0.1) is 10.6 Å². The SMILES string of the molecule is Nc1ccc(-c2csc(NS(=O)(=O)c3cccc(Cl)c3)n2)cc1. The van der Waals surface area contributed by atoms with Gasteiger partial charge < -0.3 is 5.73 Å². The summed E-state index contributed by atoms with van der Waals surface area (Å²) in [7, 11) is -3.72. The molecule has 23 heavy (non-hydrogen) atoms. The molecule has 0 atom stereocenters. The monoisotopic (exact) mass is 365 g/mol. The highest BCUT2D eigenvalue weighted by Gasteiger charge is 2.16. The van der Waals surface area contributed by atoms with E-state index in [0.717, 1.165) is 5.56 Å². The number of halogens is 1. The van der Waals surface area contributed by atoms with Crippen LogP contribution in [0.1, 0.15) is 0 Å². The zero-order valence-corrected chi connectivity index (χ0v) is 14.1. The predicted molar refractivity (Wildman–Crippen MR) is 94.2 cm³/mol. The Balaban J connectivity index is 1.85. The Bertz CT molecular complexity index is 937. The molecule has 118 valence electrons. The third-order valence-corrected chi connectivity index (χ3v) is 5.50. The number of nitrogens with two attached hydrogens (primary N) is 1. The van der Waals surface area contributed by atoms with Crippen molar-refractivity contribution < 1.29 is 8.42 Å². The van der Waals surface area contributed by atoms with E-state index < -0.39 is 10.0 Å². The van der Waals surface area contributed by atoms with Gasteiger partial charge in [-0.1, -0.05) is 29.8 Å². The van der Waals surface area contributed by atoms with Gasteiger partial charge in [-0.25, -0.2) is 13.4 Å². The smallest absolute Gasteiger partial charge is 0.263 e. The minimum absolute atomic E-state index is 0.0919. The molecule has 1 aromatic heterocycles. The first-order valence-electron chi connectivity index (χ1n) is 6.54. The molecule has 0 aliphatic heterocycles. The molecule has 0 aliphatic carbocycles. The molecule has 0 fully saturated rings. The van der Waals surface area contributed by atoms with Crippen LogP contribution in [0.3, 0.4) is 0 Å². The Kier molecular flexibility index (Phi) is 4.25. The van der Waals surface area contributed by atoms with Crippen LogP contribution in [-0.4, -0.2) is 13.4 Å². The van der Waals surface area contributed by atoms with Gasteiger partial charge in [0.1, 0.15) is 0 Å². The topological polar surface area (TPSA) is 85.1 Å². The maximum atomic E-state index is 12.3. The van der Waals surface area contributed by atoms with E-state index in [0.29, 0.717) is 16.4 Å². The standard InChI is InChI=1S/C15H12ClN3O2S2/c16-11-2-1-3-13(8-11)23(20,21)19-15-18-14(9-22-15)10-4-6-12(17)7-5-10/h1-9H,17H2,(H,18,19). The van der Waals surface area contributed by atoms with Crippen molar-refractivity contribution in [2.75, 3.05) is 10.5 Å². The number of hydrogen-bond donors (Lipinski definition) is 2. The molecule has 8 heteroatoms. The summed E-state index contributed by atoms with van der Waals surface area (Å²) in [5, 5.41) is 2.42. The Morgan fingerprint density at radius 1 is 1.13 bits per heavy atom. The number of hydrogen-bond acceptors (Lipinski definition) is 5. The van der Waals surface area contributed by atoms with E-state index in [1.165, 1.54) is 23.5 Å². The second-order valence-corrected chi connectivity index (χ2v) is 7.70. The van der Waals surface area contributed by atoms with Gasteiger partial charge in [0.25, 0.3) is 10.0 Å². The molecular formula is C15H12ClN3O2S2. The molecule has 0 saturated heterocycles. The summed E-state index contributed by atoms with van der Waals surface area (Å²) in [4.78, 5) is 4.39. The third kappa shape index (κ3) is 3.64. The van der Waals surface area contributed by atoms with Gasteiger partial charge in [-0.05, 0) is 30.3 Å². The van der Waals surface area contributed by atoms with Crippen LogP contribution in [0.15, 0.2) is 58.8 Å². The Hall–Kier alpha value is -2.09. The van der Waals surface area contributed by atoms with E-state index in [1.807, 2.05) is 12.1 Å².